The highest BCUT2D eigenvalue weighted by Crippen LogP contribution is 2.24. The highest BCUT2D eigenvalue weighted by molar-refractivity contribution is 5.98. The van der Waals surface area contributed by atoms with Crippen molar-refractivity contribution < 1.29 is 14.3 Å². The lowest BCUT2D eigenvalue weighted by molar-refractivity contribution is -0.135. The number of benzene rings is 1. The first-order chi connectivity index (χ1) is 8.70. The van der Waals surface area contributed by atoms with Gasteiger partial charge in [0, 0.05) is 13.0 Å². The Morgan fingerprint density at radius 3 is 2.89 bits per heavy atom. The van der Waals surface area contributed by atoms with Crippen LogP contribution in [0.25, 0.3) is 0 Å². The van der Waals surface area contributed by atoms with Crippen molar-refractivity contribution in [2.45, 2.75) is 12.8 Å². The second-order valence-corrected chi connectivity index (χ2v) is 4.23. The van der Waals surface area contributed by atoms with Gasteiger partial charge in [-0.25, -0.2) is 0 Å². The van der Waals surface area contributed by atoms with E-state index in [1.807, 2.05) is 24.3 Å². The Balaban J connectivity index is 1.95. The molecule has 2 amide bonds. The fraction of sp³-hybridized carbons (Fsp3) is 0.385. The summed E-state index contributed by atoms with van der Waals surface area (Å²) >= 11 is 0. The molecular formula is C13H16N2O3. The molecule has 2 N–H and O–H groups in total. The average molecular weight is 248 g/mol. The summed E-state index contributed by atoms with van der Waals surface area (Å²) in [7, 11) is 1.60. The van der Waals surface area contributed by atoms with Crippen molar-refractivity contribution >= 4 is 17.5 Å². The molecule has 96 valence electrons. The van der Waals surface area contributed by atoms with E-state index < -0.39 is 0 Å². The van der Waals surface area contributed by atoms with Crippen LogP contribution in [0.15, 0.2) is 24.3 Å². The number of carbonyl (C=O) groups excluding carboxylic acids is 2. The quantitative estimate of drug-likeness (QED) is 0.785. The number of carbonyl (C=O) groups is 2. The summed E-state index contributed by atoms with van der Waals surface area (Å²) in [6.45, 7) is 0.499. The van der Waals surface area contributed by atoms with Crippen molar-refractivity contribution in [2.75, 3.05) is 19.0 Å². The molecule has 5 nitrogen and oxygen atoms in total. The van der Waals surface area contributed by atoms with Crippen molar-refractivity contribution in [1.29, 1.82) is 0 Å². The van der Waals surface area contributed by atoms with Crippen molar-refractivity contribution in [3.05, 3.63) is 24.3 Å². The molecule has 0 aromatic heterocycles. The third kappa shape index (κ3) is 2.80. The smallest absolute Gasteiger partial charge is 0.231 e. The number of imide groups is 1. The summed E-state index contributed by atoms with van der Waals surface area (Å²) in [5, 5.41) is 5.53. The van der Waals surface area contributed by atoms with Gasteiger partial charge in [0.15, 0.2) is 0 Å². The second-order valence-electron chi connectivity index (χ2n) is 4.23. The number of para-hydroxylation sites is 2. The van der Waals surface area contributed by atoms with Crippen LogP contribution in [0.1, 0.15) is 12.8 Å². The standard InChI is InChI=1S/C13H16N2O3/c1-18-11-5-3-2-4-10(11)14-8-9-6-7-12(16)15-13(9)17/h2-5,9,14H,6-8H2,1H3,(H,15,16,17). The summed E-state index contributed by atoms with van der Waals surface area (Å²) < 4.78 is 5.21. The Morgan fingerprint density at radius 2 is 2.17 bits per heavy atom. The minimum Gasteiger partial charge on any atom is -0.495 e. The maximum absolute atomic E-state index is 11.6. The topological polar surface area (TPSA) is 67.4 Å². The van der Waals surface area contributed by atoms with Crippen molar-refractivity contribution in [2.24, 2.45) is 5.92 Å². The van der Waals surface area contributed by atoms with Crippen LogP contribution in [0, 0.1) is 5.92 Å². The van der Waals surface area contributed by atoms with Crippen molar-refractivity contribution in [1.82, 2.24) is 5.32 Å². The van der Waals surface area contributed by atoms with Crippen LogP contribution >= 0.6 is 0 Å². The molecule has 0 radical (unpaired) electrons. The minimum atomic E-state index is -0.200. The zero-order valence-corrected chi connectivity index (χ0v) is 10.2. The summed E-state index contributed by atoms with van der Waals surface area (Å²) in [5.74, 6) is 0.180. The van der Waals surface area contributed by atoms with E-state index in [1.54, 1.807) is 7.11 Å². The molecule has 0 aliphatic carbocycles. The van der Waals surface area contributed by atoms with Gasteiger partial charge in [-0.1, -0.05) is 12.1 Å². The number of anilines is 1. The predicted octanol–water partition coefficient (Wildman–Crippen LogP) is 1.16. The third-order valence-corrected chi connectivity index (χ3v) is 3.00. The van der Waals surface area contributed by atoms with Gasteiger partial charge in [-0.3, -0.25) is 14.9 Å². The molecule has 1 aliphatic rings. The van der Waals surface area contributed by atoms with E-state index in [1.165, 1.54) is 0 Å². The summed E-state index contributed by atoms with van der Waals surface area (Å²) in [5.41, 5.74) is 0.852. The van der Waals surface area contributed by atoms with Gasteiger partial charge in [0.25, 0.3) is 0 Å². The Hall–Kier alpha value is -2.04. The first-order valence-electron chi connectivity index (χ1n) is 5.91. The molecule has 0 bridgehead atoms. The first-order valence-corrected chi connectivity index (χ1v) is 5.91. The zero-order chi connectivity index (χ0) is 13.0. The summed E-state index contributed by atoms with van der Waals surface area (Å²) in [6, 6.07) is 7.53. The Bertz CT molecular complexity index is 459. The second kappa shape index (κ2) is 5.53. The van der Waals surface area contributed by atoms with Gasteiger partial charge in [-0.15, -0.1) is 0 Å². The molecule has 1 aromatic carbocycles. The van der Waals surface area contributed by atoms with E-state index in [0.29, 0.717) is 19.4 Å². The minimum absolute atomic E-state index is 0.174. The van der Waals surface area contributed by atoms with Crippen LogP contribution < -0.4 is 15.4 Å². The third-order valence-electron chi connectivity index (χ3n) is 3.00. The lowest BCUT2D eigenvalue weighted by atomic mass is 9.98. The van der Waals surface area contributed by atoms with Gasteiger partial charge in [0.05, 0.1) is 18.7 Å². The van der Waals surface area contributed by atoms with E-state index in [0.717, 1.165) is 11.4 Å². The fourth-order valence-corrected chi connectivity index (χ4v) is 1.96. The maximum atomic E-state index is 11.6. The monoisotopic (exact) mass is 248 g/mol. The summed E-state index contributed by atoms with van der Waals surface area (Å²) in [6.07, 6.45) is 0.997. The molecule has 1 heterocycles. The van der Waals surface area contributed by atoms with Crippen molar-refractivity contribution in [3.63, 3.8) is 0 Å². The summed E-state index contributed by atoms with van der Waals surface area (Å²) in [4.78, 5) is 22.6. The van der Waals surface area contributed by atoms with E-state index in [2.05, 4.69) is 10.6 Å². The number of piperidine rings is 1. The molecule has 1 atom stereocenters. The van der Waals surface area contributed by atoms with Gasteiger partial charge >= 0.3 is 0 Å². The SMILES string of the molecule is COc1ccccc1NCC1CCC(=O)NC1=O. The highest BCUT2D eigenvalue weighted by Gasteiger charge is 2.26. The number of nitrogens with one attached hydrogen (secondary N) is 2. The number of ether oxygens (including phenoxy) is 1. The van der Waals surface area contributed by atoms with Crippen LogP contribution in [-0.2, 0) is 9.59 Å². The number of hydrogen-bond acceptors (Lipinski definition) is 4. The van der Waals surface area contributed by atoms with Gasteiger partial charge in [-0.2, -0.15) is 0 Å². The lowest BCUT2D eigenvalue weighted by Gasteiger charge is -2.21. The number of hydrogen-bond donors (Lipinski definition) is 2. The van der Waals surface area contributed by atoms with Gasteiger partial charge in [-0.05, 0) is 18.6 Å². The molecule has 1 saturated heterocycles. The van der Waals surface area contributed by atoms with Crippen molar-refractivity contribution in [3.8, 4) is 5.75 Å². The number of amides is 2. The van der Waals surface area contributed by atoms with E-state index in [4.69, 9.17) is 4.74 Å². The Labute approximate surface area is 106 Å². The molecule has 18 heavy (non-hydrogen) atoms. The molecule has 5 heteroatoms. The molecule has 0 saturated carbocycles. The fourth-order valence-electron chi connectivity index (χ4n) is 1.96. The van der Waals surface area contributed by atoms with Gasteiger partial charge in [0.1, 0.15) is 5.75 Å². The van der Waals surface area contributed by atoms with Crippen LogP contribution in [-0.4, -0.2) is 25.5 Å². The van der Waals surface area contributed by atoms with E-state index in [-0.39, 0.29) is 17.7 Å². The molecule has 1 unspecified atom stereocenters. The highest BCUT2D eigenvalue weighted by atomic mass is 16.5. The lowest BCUT2D eigenvalue weighted by Crippen LogP contribution is -2.43. The van der Waals surface area contributed by atoms with Crippen LogP contribution in [0.2, 0.25) is 0 Å². The molecule has 1 aromatic rings. The van der Waals surface area contributed by atoms with E-state index in [9.17, 15) is 9.59 Å². The Morgan fingerprint density at radius 1 is 1.39 bits per heavy atom. The number of methoxy groups -OCH3 is 1. The molecule has 1 fully saturated rings. The molecule has 0 spiro atoms. The zero-order valence-electron chi connectivity index (χ0n) is 10.2. The molecular weight excluding hydrogens is 232 g/mol. The van der Waals surface area contributed by atoms with Gasteiger partial charge < -0.3 is 10.1 Å². The Kier molecular flexibility index (Phi) is 3.82. The average Bonchev–Trinajstić information content (AvgIpc) is 2.38. The van der Waals surface area contributed by atoms with E-state index >= 15 is 0 Å². The van der Waals surface area contributed by atoms with Gasteiger partial charge in [0.2, 0.25) is 11.8 Å². The largest absolute Gasteiger partial charge is 0.495 e. The van der Waals surface area contributed by atoms with Crippen LogP contribution in [0.3, 0.4) is 0 Å². The molecule has 2 rings (SSSR count). The molecule has 1 aliphatic heterocycles. The van der Waals surface area contributed by atoms with Crippen LogP contribution in [0.5, 0.6) is 5.75 Å². The predicted molar refractivity (Wildman–Crippen MR) is 67.4 cm³/mol. The maximum Gasteiger partial charge on any atom is 0.231 e. The first kappa shape index (κ1) is 12.4. The van der Waals surface area contributed by atoms with Crippen LogP contribution in [0.4, 0.5) is 5.69 Å². The number of rotatable bonds is 4. The normalized spacial score (nSPS) is 19.3.